The fourth-order valence-corrected chi connectivity index (χ4v) is 3.58. The first kappa shape index (κ1) is 17.4. The highest BCUT2D eigenvalue weighted by molar-refractivity contribution is 5.98. The van der Waals surface area contributed by atoms with Crippen LogP contribution in [0.25, 0.3) is 0 Å². The molecule has 3 rings (SSSR count). The number of hydrogen-bond donors (Lipinski definition) is 2. The number of carbonyl (C=O) groups is 3. The third-order valence-corrected chi connectivity index (χ3v) is 4.89. The van der Waals surface area contributed by atoms with Crippen LogP contribution >= 0.6 is 0 Å². The first-order valence-corrected chi connectivity index (χ1v) is 8.66. The van der Waals surface area contributed by atoms with Crippen molar-refractivity contribution in [1.82, 2.24) is 15.5 Å². The van der Waals surface area contributed by atoms with Crippen LogP contribution in [0.2, 0.25) is 0 Å². The number of hydrogen-bond acceptors (Lipinski definition) is 3. The summed E-state index contributed by atoms with van der Waals surface area (Å²) in [6.45, 7) is 0.145. The number of carbonyl (C=O) groups excluding carboxylic acids is 3. The average Bonchev–Trinajstić information content (AvgIpc) is 3.10. The highest BCUT2D eigenvalue weighted by Crippen LogP contribution is 2.35. The molecule has 0 radical (unpaired) electrons. The van der Waals surface area contributed by atoms with Crippen molar-refractivity contribution in [3.05, 3.63) is 35.6 Å². The van der Waals surface area contributed by atoms with E-state index >= 15 is 0 Å². The molecule has 2 aliphatic rings. The zero-order valence-electron chi connectivity index (χ0n) is 14.0. The second-order valence-corrected chi connectivity index (χ2v) is 6.67. The van der Waals surface area contributed by atoms with Crippen LogP contribution in [-0.4, -0.2) is 35.8 Å². The van der Waals surface area contributed by atoms with E-state index in [0.29, 0.717) is 5.92 Å². The van der Waals surface area contributed by atoms with E-state index in [1.807, 2.05) is 0 Å². The lowest BCUT2D eigenvalue weighted by Gasteiger charge is -2.29. The second kappa shape index (κ2) is 7.63. The molecule has 1 aliphatic heterocycles. The van der Waals surface area contributed by atoms with Crippen molar-refractivity contribution in [1.29, 1.82) is 0 Å². The summed E-state index contributed by atoms with van der Waals surface area (Å²) >= 11 is 0. The predicted molar refractivity (Wildman–Crippen MR) is 89.0 cm³/mol. The van der Waals surface area contributed by atoms with Crippen molar-refractivity contribution in [3.8, 4) is 0 Å². The van der Waals surface area contributed by atoms with Gasteiger partial charge in [-0.05, 0) is 36.5 Å². The molecule has 6 nitrogen and oxygen atoms in total. The second-order valence-electron chi connectivity index (χ2n) is 6.67. The minimum atomic E-state index is -0.536. The zero-order valence-corrected chi connectivity index (χ0v) is 14.0. The Labute approximate surface area is 145 Å². The fourth-order valence-electron chi connectivity index (χ4n) is 3.58. The zero-order chi connectivity index (χ0) is 17.8. The predicted octanol–water partition coefficient (Wildman–Crippen LogP) is 2.12. The van der Waals surface area contributed by atoms with Gasteiger partial charge in [0.25, 0.3) is 0 Å². The van der Waals surface area contributed by atoms with Crippen LogP contribution in [0.4, 0.5) is 9.18 Å². The van der Waals surface area contributed by atoms with Gasteiger partial charge in [-0.3, -0.25) is 14.9 Å². The van der Waals surface area contributed by atoms with Crippen LogP contribution in [-0.2, 0) is 9.59 Å². The smallest absolute Gasteiger partial charge is 0.324 e. The van der Waals surface area contributed by atoms with Gasteiger partial charge in [-0.25, -0.2) is 9.18 Å². The minimum absolute atomic E-state index is 0.0937. The summed E-state index contributed by atoms with van der Waals surface area (Å²) in [6, 6.07) is 5.46. The first-order valence-electron chi connectivity index (χ1n) is 8.66. The molecule has 2 N–H and O–H groups in total. The summed E-state index contributed by atoms with van der Waals surface area (Å²) in [4.78, 5) is 36.7. The number of benzene rings is 1. The van der Waals surface area contributed by atoms with Crippen LogP contribution in [0.1, 0.15) is 43.7 Å². The molecule has 2 fully saturated rings. The Balaban J connectivity index is 1.67. The van der Waals surface area contributed by atoms with E-state index in [2.05, 4.69) is 10.6 Å². The molecule has 134 valence electrons. The topological polar surface area (TPSA) is 78.5 Å². The van der Waals surface area contributed by atoms with Crippen molar-refractivity contribution in [3.63, 3.8) is 0 Å². The van der Waals surface area contributed by atoms with E-state index in [0.717, 1.165) is 31.2 Å². The summed E-state index contributed by atoms with van der Waals surface area (Å²) in [5, 5.41) is 5.21. The van der Waals surface area contributed by atoms with Crippen LogP contribution in [0.15, 0.2) is 24.3 Å². The molecule has 0 bridgehead atoms. The Hall–Kier alpha value is -2.44. The molecular formula is C18H22FN3O3. The molecule has 1 aromatic carbocycles. The molecule has 1 heterocycles. The number of urea groups is 1. The first-order chi connectivity index (χ1) is 12.0. The Kier molecular flexibility index (Phi) is 5.31. The molecule has 1 aliphatic carbocycles. The van der Waals surface area contributed by atoms with Crippen LogP contribution in [0.5, 0.6) is 0 Å². The van der Waals surface area contributed by atoms with Gasteiger partial charge >= 0.3 is 6.03 Å². The summed E-state index contributed by atoms with van der Waals surface area (Å²) in [5.74, 6) is -0.594. The lowest BCUT2D eigenvalue weighted by atomic mass is 9.91. The maximum absolute atomic E-state index is 13.2. The Bertz CT molecular complexity index is 656. The number of halogens is 1. The number of imide groups is 1. The standard InChI is InChI=1S/C18H22FN3O3/c19-14-7-5-13(6-8-14)17(12-3-1-2-4-12)20-16(24)11-22-10-9-15(23)21-18(22)25/h5-8,12,17H,1-4,9-11H2,(H,20,24)(H,21,23,25). The molecular weight excluding hydrogens is 325 g/mol. The van der Waals surface area contributed by atoms with E-state index in [1.165, 1.54) is 17.0 Å². The van der Waals surface area contributed by atoms with Gasteiger partial charge < -0.3 is 10.2 Å². The quantitative estimate of drug-likeness (QED) is 0.856. The minimum Gasteiger partial charge on any atom is -0.347 e. The molecule has 7 heteroatoms. The van der Waals surface area contributed by atoms with E-state index < -0.39 is 6.03 Å². The fraction of sp³-hybridized carbons (Fsp3) is 0.500. The molecule has 1 unspecified atom stereocenters. The lowest BCUT2D eigenvalue weighted by Crippen LogP contribution is -2.52. The Morgan fingerprint density at radius 3 is 2.56 bits per heavy atom. The summed E-state index contributed by atoms with van der Waals surface area (Å²) < 4.78 is 13.2. The molecule has 1 aromatic rings. The van der Waals surface area contributed by atoms with Crippen LogP contribution < -0.4 is 10.6 Å². The van der Waals surface area contributed by atoms with E-state index in [9.17, 15) is 18.8 Å². The number of nitrogens with zero attached hydrogens (tertiary/aromatic N) is 1. The summed E-state index contributed by atoms with van der Waals surface area (Å²) in [5.41, 5.74) is 0.875. The van der Waals surface area contributed by atoms with Gasteiger partial charge in [0.1, 0.15) is 12.4 Å². The molecule has 0 spiro atoms. The van der Waals surface area contributed by atoms with Crippen molar-refractivity contribution in [2.75, 3.05) is 13.1 Å². The van der Waals surface area contributed by atoms with E-state index in [1.54, 1.807) is 12.1 Å². The van der Waals surface area contributed by atoms with E-state index in [-0.39, 0.29) is 43.2 Å². The van der Waals surface area contributed by atoms with Crippen LogP contribution in [0.3, 0.4) is 0 Å². The van der Waals surface area contributed by atoms with Gasteiger partial charge in [-0.15, -0.1) is 0 Å². The number of amides is 4. The van der Waals surface area contributed by atoms with Gasteiger partial charge in [0.2, 0.25) is 11.8 Å². The third kappa shape index (κ3) is 4.35. The molecule has 0 aromatic heterocycles. The maximum atomic E-state index is 13.2. The molecule has 25 heavy (non-hydrogen) atoms. The van der Waals surface area contributed by atoms with Crippen LogP contribution in [0, 0.1) is 11.7 Å². The van der Waals surface area contributed by atoms with Gasteiger partial charge in [0.05, 0.1) is 6.04 Å². The number of rotatable bonds is 5. The maximum Gasteiger partial charge on any atom is 0.324 e. The molecule has 1 atom stereocenters. The normalized spacial score (nSPS) is 19.6. The Morgan fingerprint density at radius 1 is 1.24 bits per heavy atom. The van der Waals surface area contributed by atoms with E-state index in [4.69, 9.17) is 0 Å². The van der Waals surface area contributed by atoms with Crippen molar-refractivity contribution < 1.29 is 18.8 Å². The van der Waals surface area contributed by atoms with Crippen molar-refractivity contribution in [2.24, 2.45) is 5.92 Å². The Morgan fingerprint density at radius 2 is 1.92 bits per heavy atom. The highest BCUT2D eigenvalue weighted by atomic mass is 19.1. The summed E-state index contributed by atoms with van der Waals surface area (Å²) in [7, 11) is 0. The molecule has 1 saturated carbocycles. The van der Waals surface area contributed by atoms with Gasteiger partial charge in [0.15, 0.2) is 0 Å². The third-order valence-electron chi connectivity index (χ3n) is 4.89. The largest absolute Gasteiger partial charge is 0.347 e. The monoisotopic (exact) mass is 347 g/mol. The van der Waals surface area contributed by atoms with Gasteiger partial charge in [0, 0.05) is 13.0 Å². The summed E-state index contributed by atoms with van der Waals surface area (Å²) in [6.07, 6.45) is 4.47. The van der Waals surface area contributed by atoms with Gasteiger partial charge in [-0.2, -0.15) is 0 Å². The van der Waals surface area contributed by atoms with Gasteiger partial charge in [-0.1, -0.05) is 25.0 Å². The van der Waals surface area contributed by atoms with Crippen molar-refractivity contribution >= 4 is 17.8 Å². The molecule has 1 saturated heterocycles. The van der Waals surface area contributed by atoms with Crippen molar-refractivity contribution in [2.45, 2.75) is 38.1 Å². The average molecular weight is 347 g/mol. The SMILES string of the molecule is O=C1CCN(CC(=O)NC(c2ccc(F)cc2)C2CCCC2)C(=O)N1. The molecule has 4 amide bonds. The lowest BCUT2D eigenvalue weighted by molar-refractivity contribution is -0.125. The number of nitrogens with one attached hydrogen (secondary N) is 2. The highest BCUT2D eigenvalue weighted by Gasteiger charge is 2.30.